The molecular formula is C13H19N3O3. The minimum atomic E-state index is -1.03. The van der Waals surface area contributed by atoms with Crippen molar-refractivity contribution < 1.29 is 14.7 Å². The maximum atomic E-state index is 12.0. The molecule has 0 saturated heterocycles. The molecule has 0 spiro atoms. The molecule has 0 fully saturated rings. The highest BCUT2D eigenvalue weighted by Gasteiger charge is 2.17. The maximum absolute atomic E-state index is 12.0. The van der Waals surface area contributed by atoms with E-state index in [-0.39, 0.29) is 12.5 Å². The summed E-state index contributed by atoms with van der Waals surface area (Å²) in [6.07, 6.45) is 1.54. The smallest absolute Gasteiger partial charge is 0.323 e. The van der Waals surface area contributed by atoms with Crippen LogP contribution >= 0.6 is 0 Å². The van der Waals surface area contributed by atoms with E-state index in [1.807, 2.05) is 20.8 Å². The van der Waals surface area contributed by atoms with Crippen molar-refractivity contribution in [1.82, 2.24) is 9.88 Å². The summed E-state index contributed by atoms with van der Waals surface area (Å²) in [4.78, 5) is 28.1. The predicted octanol–water partition coefficient (Wildman–Crippen LogP) is 1.96. The summed E-state index contributed by atoms with van der Waals surface area (Å²) in [7, 11) is 0. The lowest BCUT2D eigenvalue weighted by atomic mass is 10.2. The van der Waals surface area contributed by atoms with E-state index in [9.17, 15) is 9.59 Å². The Kier molecular flexibility index (Phi) is 5.29. The summed E-state index contributed by atoms with van der Waals surface area (Å²) >= 11 is 0. The fourth-order valence-electron chi connectivity index (χ4n) is 1.57. The van der Waals surface area contributed by atoms with Gasteiger partial charge in [0, 0.05) is 12.2 Å². The summed E-state index contributed by atoms with van der Waals surface area (Å²) in [6, 6.07) is 3.08. The molecule has 104 valence electrons. The summed E-state index contributed by atoms with van der Waals surface area (Å²) in [5.74, 6) is -0.834. The zero-order valence-electron chi connectivity index (χ0n) is 11.4. The Labute approximate surface area is 112 Å². The number of carbonyl (C=O) groups excluding carboxylic acids is 1. The normalized spacial score (nSPS) is 10.3. The molecule has 2 amide bonds. The number of nitrogens with one attached hydrogen (secondary N) is 1. The van der Waals surface area contributed by atoms with Crippen molar-refractivity contribution in [2.45, 2.75) is 20.8 Å². The topological polar surface area (TPSA) is 82.5 Å². The number of carbonyl (C=O) groups is 2. The van der Waals surface area contributed by atoms with Crippen LogP contribution < -0.4 is 5.32 Å². The number of aryl methyl sites for hydroxylation is 1. The Hall–Kier alpha value is -2.11. The molecule has 0 unspecified atom stereocenters. The highest BCUT2D eigenvalue weighted by molar-refractivity contribution is 5.91. The average molecular weight is 265 g/mol. The Balaban J connectivity index is 2.70. The van der Waals surface area contributed by atoms with E-state index >= 15 is 0 Å². The molecule has 0 aromatic carbocycles. The van der Waals surface area contributed by atoms with Gasteiger partial charge in [-0.15, -0.1) is 0 Å². The number of anilines is 1. The summed E-state index contributed by atoms with van der Waals surface area (Å²) in [5.41, 5.74) is 1.40. The number of carboxylic acid groups (broad SMARTS) is 1. The van der Waals surface area contributed by atoms with Crippen molar-refractivity contribution >= 4 is 17.7 Å². The molecule has 2 N–H and O–H groups in total. The van der Waals surface area contributed by atoms with Crippen molar-refractivity contribution in [2.24, 2.45) is 5.92 Å². The largest absolute Gasteiger partial charge is 0.480 e. The van der Waals surface area contributed by atoms with Crippen molar-refractivity contribution in [3.8, 4) is 0 Å². The third-order valence-corrected chi connectivity index (χ3v) is 2.36. The van der Waals surface area contributed by atoms with Crippen LogP contribution in [0.25, 0.3) is 0 Å². The van der Waals surface area contributed by atoms with Gasteiger partial charge in [0.15, 0.2) is 0 Å². The van der Waals surface area contributed by atoms with Crippen molar-refractivity contribution in [1.29, 1.82) is 0 Å². The first-order valence-corrected chi connectivity index (χ1v) is 6.09. The van der Waals surface area contributed by atoms with Crippen molar-refractivity contribution in [3.05, 3.63) is 24.0 Å². The van der Waals surface area contributed by atoms with Crippen LogP contribution in [0, 0.1) is 12.8 Å². The third-order valence-electron chi connectivity index (χ3n) is 2.36. The number of hydrogen-bond donors (Lipinski definition) is 2. The van der Waals surface area contributed by atoms with Crippen molar-refractivity contribution in [3.63, 3.8) is 0 Å². The summed E-state index contributed by atoms with van der Waals surface area (Å²) < 4.78 is 0. The Morgan fingerprint density at radius 2 is 2.11 bits per heavy atom. The molecule has 6 heteroatoms. The molecule has 1 rings (SSSR count). The zero-order valence-corrected chi connectivity index (χ0v) is 11.4. The van der Waals surface area contributed by atoms with E-state index in [4.69, 9.17) is 5.11 Å². The second kappa shape index (κ2) is 6.72. The fourth-order valence-corrected chi connectivity index (χ4v) is 1.57. The van der Waals surface area contributed by atoms with E-state index in [2.05, 4.69) is 10.3 Å². The Morgan fingerprint density at radius 3 is 2.58 bits per heavy atom. The minimum Gasteiger partial charge on any atom is -0.480 e. The van der Waals surface area contributed by atoms with Gasteiger partial charge in [0.05, 0.1) is 11.9 Å². The van der Waals surface area contributed by atoms with Crippen LogP contribution in [-0.4, -0.2) is 40.1 Å². The van der Waals surface area contributed by atoms with Gasteiger partial charge in [-0.2, -0.15) is 0 Å². The first-order chi connectivity index (χ1) is 8.88. The lowest BCUT2D eigenvalue weighted by Crippen LogP contribution is -2.40. The monoisotopic (exact) mass is 265 g/mol. The Morgan fingerprint density at radius 1 is 1.42 bits per heavy atom. The van der Waals surface area contributed by atoms with Crippen LogP contribution in [-0.2, 0) is 4.79 Å². The molecule has 0 bridgehead atoms. The van der Waals surface area contributed by atoms with E-state index < -0.39 is 12.0 Å². The number of amides is 2. The van der Waals surface area contributed by atoms with Gasteiger partial charge in [-0.25, -0.2) is 4.79 Å². The maximum Gasteiger partial charge on any atom is 0.323 e. The standard InChI is InChI=1S/C13H19N3O3/c1-9(2)7-16(8-12(17)18)13(19)15-11-5-4-10(3)14-6-11/h4-6,9H,7-8H2,1-3H3,(H,15,19)(H,17,18). The fraction of sp³-hybridized carbons (Fsp3) is 0.462. The number of nitrogens with zero attached hydrogens (tertiary/aromatic N) is 2. The van der Waals surface area contributed by atoms with Crippen LogP contribution in [0.5, 0.6) is 0 Å². The number of urea groups is 1. The second-order valence-electron chi connectivity index (χ2n) is 4.79. The highest BCUT2D eigenvalue weighted by Crippen LogP contribution is 2.08. The molecule has 0 aliphatic heterocycles. The van der Waals surface area contributed by atoms with Crippen LogP contribution in [0.2, 0.25) is 0 Å². The van der Waals surface area contributed by atoms with Crippen LogP contribution in [0.15, 0.2) is 18.3 Å². The molecule has 0 aliphatic carbocycles. The van der Waals surface area contributed by atoms with Crippen LogP contribution in [0.1, 0.15) is 19.5 Å². The first-order valence-electron chi connectivity index (χ1n) is 6.09. The lowest BCUT2D eigenvalue weighted by Gasteiger charge is -2.23. The Bertz CT molecular complexity index is 443. The van der Waals surface area contributed by atoms with Gasteiger partial charge < -0.3 is 15.3 Å². The third kappa shape index (κ3) is 5.37. The minimum absolute atomic E-state index is 0.196. The van der Waals surface area contributed by atoms with Gasteiger partial charge >= 0.3 is 12.0 Å². The van der Waals surface area contributed by atoms with Gasteiger partial charge in [-0.3, -0.25) is 9.78 Å². The van der Waals surface area contributed by atoms with Crippen molar-refractivity contribution in [2.75, 3.05) is 18.4 Å². The molecular weight excluding hydrogens is 246 g/mol. The quantitative estimate of drug-likeness (QED) is 0.852. The number of rotatable bonds is 5. The van der Waals surface area contributed by atoms with Crippen LogP contribution in [0.3, 0.4) is 0 Å². The van der Waals surface area contributed by atoms with Gasteiger partial charge in [-0.05, 0) is 25.0 Å². The predicted molar refractivity (Wildman–Crippen MR) is 72.0 cm³/mol. The molecule has 0 aliphatic rings. The zero-order chi connectivity index (χ0) is 14.4. The summed E-state index contributed by atoms with van der Waals surface area (Å²) in [6.45, 7) is 5.77. The molecule has 0 saturated carbocycles. The number of carboxylic acids is 1. The van der Waals surface area contributed by atoms with Gasteiger partial charge in [-0.1, -0.05) is 13.8 Å². The average Bonchev–Trinajstić information content (AvgIpc) is 2.30. The number of aliphatic carboxylic acids is 1. The van der Waals surface area contributed by atoms with Gasteiger partial charge in [0.25, 0.3) is 0 Å². The SMILES string of the molecule is Cc1ccc(NC(=O)N(CC(=O)O)CC(C)C)cn1. The molecule has 1 aromatic rings. The van der Waals surface area contributed by atoms with E-state index in [0.29, 0.717) is 12.2 Å². The number of pyridine rings is 1. The summed E-state index contributed by atoms with van der Waals surface area (Å²) in [5, 5.41) is 11.5. The van der Waals surface area contributed by atoms with E-state index in [1.54, 1.807) is 18.3 Å². The van der Waals surface area contributed by atoms with Gasteiger partial charge in [0.1, 0.15) is 6.54 Å². The first kappa shape index (κ1) is 14.9. The van der Waals surface area contributed by atoms with Crippen LogP contribution in [0.4, 0.5) is 10.5 Å². The van der Waals surface area contributed by atoms with E-state index in [0.717, 1.165) is 5.69 Å². The molecule has 0 atom stereocenters. The van der Waals surface area contributed by atoms with Gasteiger partial charge in [0.2, 0.25) is 0 Å². The highest BCUT2D eigenvalue weighted by atomic mass is 16.4. The molecule has 19 heavy (non-hydrogen) atoms. The molecule has 1 heterocycles. The second-order valence-corrected chi connectivity index (χ2v) is 4.79. The number of aromatic nitrogens is 1. The molecule has 6 nitrogen and oxygen atoms in total. The molecule has 1 aromatic heterocycles. The van der Waals surface area contributed by atoms with E-state index in [1.165, 1.54) is 4.90 Å². The lowest BCUT2D eigenvalue weighted by molar-refractivity contribution is -0.137. The number of hydrogen-bond acceptors (Lipinski definition) is 3. The molecule has 0 radical (unpaired) electrons.